The van der Waals surface area contributed by atoms with E-state index in [-0.39, 0.29) is 5.88 Å². The summed E-state index contributed by atoms with van der Waals surface area (Å²) in [6.45, 7) is 2.17. The van der Waals surface area contributed by atoms with Crippen LogP contribution in [0, 0.1) is 22.0 Å². The molecular weight excluding hydrogens is 390 g/mol. The molecule has 3 aromatic heterocycles. The van der Waals surface area contributed by atoms with E-state index in [4.69, 9.17) is 4.42 Å². The molecule has 150 valence electrons. The van der Waals surface area contributed by atoms with Gasteiger partial charge in [-0.15, -0.1) is 10.2 Å². The zero-order valence-electron chi connectivity index (χ0n) is 16.3. The first-order valence-corrected chi connectivity index (χ1v) is 10.3. The fourth-order valence-electron chi connectivity index (χ4n) is 2.63. The number of aromatic nitrogens is 4. The summed E-state index contributed by atoms with van der Waals surface area (Å²) >= 11 is 1.39. The second-order valence-corrected chi connectivity index (χ2v) is 7.31. The molecule has 0 spiro atoms. The average molecular weight is 411 g/mol. The minimum absolute atomic E-state index is 0.266. The van der Waals surface area contributed by atoms with Crippen molar-refractivity contribution >= 4 is 17.6 Å². The molecule has 8 nitrogen and oxygen atoms in total. The summed E-state index contributed by atoms with van der Waals surface area (Å²) in [5, 5.41) is 19.9. The van der Waals surface area contributed by atoms with Gasteiger partial charge in [0, 0.05) is 37.0 Å². The molecule has 0 saturated carbocycles. The predicted octanol–water partition coefficient (Wildman–Crippen LogP) is 4.60. The zero-order valence-corrected chi connectivity index (χ0v) is 17.1. The Morgan fingerprint density at radius 3 is 2.90 bits per heavy atom. The average Bonchev–Trinajstić information content (AvgIpc) is 3.33. The SMILES string of the molecule is CCCCCC#Cc1cncc(-c2nnc(SCc3ccc([N+](=O)[O-])o3)n2C)c1. The van der Waals surface area contributed by atoms with Gasteiger partial charge in [0.1, 0.15) is 10.7 Å². The molecule has 3 aromatic rings. The summed E-state index contributed by atoms with van der Waals surface area (Å²) in [6, 6.07) is 4.89. The number of thioether (sulfide) groups is 1. The van der Waals surface area contributed by atoms with Crippen LogP contribution in [0.2, 0.25) is 0 Å². The molecule has 9 heteroatoms. The zero-order chi connectivity index (χ0) is 20.6. The maximum absolute atomic E-state index is 10.7. The number of hydrogen-bond donors (Lipinski definition) is 0. The van der Waals surface area contributed by atoms with Crippen LogP contribution in [0.15, 0.2) is 40.2 Å². The van der Waals surface area contributed by atoms with E-state index < -0.39 is 4.92 Å². The van der Waals surface area contributed by atoms with Crippen LogP contribution in [0.5, 0.6) is 0 Å². The third kappa shape index (κ3) is 5.45. The van der Waals surface area contributed by atoms with Gasteiger partial charge in [-0.25, -0.2) is 0 Å². The van der Waals surface area contributed by atoms with Gasteiger partial charge in [0.15, 0.2) is 11.0 Å². The highest BCUT2D eigenvalue weighted by Gasteiger charge is 2.15. The van der Waals surface area contributed by atoms with Crippen molar-refractivity contribution in [3.05, 3.63) is 52.0 Å². The molecule has 0 saturated heterocycles. The van der Waals surface area contributed by atoms with E-state index in [0.29, 0.717) is 22.5 Å². The fraction of sp³-hybridized carbons (Fsp3) is 0.350. The third-order valence-electron chi connectivity index (χ3n) is 4.14. The Bertz CT molecular complexity index is 1050. The largest absolute Gasteiger partial charge is 0.433 e. The number of furan rings is 1. The van der Waals surface area contributed by atoms with Gasteiger partial charge in [0.25, 0.3) is 0 Å². The van der Waals surface area contributed by atoms with Gasteiger partial charge >= 0.3 is 5.88 Å². The van der Waals surface area contributed by atoms with Crippen LogP contribution >= 0.6 is 11.8 Å². The lowest BCUT2D eigenvalue weighted by Crippen LogP contribution is -1.96. The summed E-state index contributed by atoms with van der Waals surface area (Å²) in [6.07, 6.45) is 7.84. The molecule has 0 aliphatic rings. The number of nitro groups is 1. The van der Waals surface area contributed by atoms with Gasteiger partial charge in [-0.05, 0) is 18.6 Å². The van der Waals surface area contributed by atoms with Gasteiger partial charge in [-0.1, -0.05) is 43.4 Å². The number of nitrogens with zero attached hydrogens (tertiary/aromatic N) is 5. The lowest BCUT2D eigenvalue weighted by atomic mass is 10.1. The Kier molecular flexibility index (Phi) is 7.03. The molecule has 0 unspecified atom stereocenters. The molecule has 0 aromatic carbocycles. The van der Waals surface area contributed by atoms with Crippen LogP contribution in [0.1, 0.15) is 43.9 Å². The fourth-order valence-corrected chi connectivity index (χ4v) is 3.43. The van der Waals surface area contributed by atoms with Crippen molar-refractivity contribution < 1.29 is 9.34 Å². The molecule has 0 amide bonds. The number of rotatable bonds is 8. The first-order valence-electron chi connectivity index (χ1n) is 9.28. The van der Waals surface area contributed by atoms with E-state index in [2.05, 4.69) is 33.9 Å². The molecule has 29 heavy (non-hydrogen) atoms. The lowest BCUT2D eigenvalue weighted by molar-refractivity contribution is -0.402. The molecule has 3 rings (SSSR count). The van der Waals surface area contributed by atoms with Crippen molar-refractivity contribution in [2.45, 2.75) is 43.5 Å². The van der Waals surface area contributed by atoms with Gasteiger partial charge < -0.3 is 8.98 Å². The highest BCUT2D eigenvalue weighted by molar-refractivity contribution is 7.98. The molecule has 0 bridgehead atoms. The van der Waals surface area contributed by atoms with Gasteiger partial charge in [0.2, 0.25) is 0 Å². The summed E-state index contributed by atoms with van der Waals surface area (Å²) in [5.74, 6) is 7.68. The van der Waals surface area contributed by atoms with Crippen LogP contribution in [0.3, 0.4) is 0 Å². The van der Waals surface area contributed by atoms with E-state index in [1.807, 2.05) is 17.7 Å². The van der Waals surface area contributed by atoms with Crippen molar-refractivity contribution in [2.24, 2.45) is 7.05 Å². The van der Waals surface area contributed by atoms with E-state index in [0.717, 1.165) is 24.0 Å². The molecule has 0 N–H and O–H groups in total. The molecule has 0 fully saturated rings. The van der Waals surface area contributed by atoms with Crippen LogP contribution in [-0.4, -0.2) is 24.7 Å². The van der Waals surface area contributed by atoms with E-state index in [1.54, 1.807) is 18.5 Å². The summed E-state index contributed by atoms with van der Waals surface area (Å²) in [4.78, 5) is 14.4. The van der Waals surface area contributed by atoms with E-state index in [1.165, 1.54) is 30.7 Å². The third-order valence-corrected chi connectivity index (χ3v) is 5.18. The monoisotopic (exact) mass is 411 g/mol. The first-order chi connectivity index (χ1) is 14.1. The summed E-state index contributed by atoms with van der Waals surface area (Å²) in [5.41, 5.74) is 1.68. The number of hydrogen-bond acceptors (Lipinski definition) is 7. The number of pyridine rings is 1. The minimum atomic E-state index is -0.554. The Labute approximate surface area is 172 Å². The second-order valence-electron chi connectivity index (χ2n) is 6.37. The van der Waals surface area contributed by atoms with Crippen molar-refractivity contribution in [2.75, 3.05) is 0 Å². The molecular formula is C20H21N5O3S. The van der Waals surface area contributed by atoms with Crippen molar-refractivity contribution in [3.8, 4) is 23.2 Å². The minimum Gasteiger partial charge on any atom is -0.405 e. The predicted molar refractivity (Wildman–Crippen MR) is 110 cm³/mol. The standard InChI is InChI=1S/C20H21N5O3S/c1-3-4-5-6-7-8-15-11-16(13-21-12-15)19-22-23-20(24(19)2)29-14-17-9-10-18(28-17)25(26)27/h9-13H,3-6,14H2,1-2H3. The highest BCUT2D eigenvalue weighted by atomic mass is 32.2. The summed E-state index contributed by atoms with van der Waals surface area (Å²) < 4.78 is 7.03. The Morgan fingerprint density at radius 1 is 1.28 bits per heavy atom. The lowest BCUT2D eigenvalue weighted by Gasteiger charge is -2.03. The normalized spacial score (nSPS) is 10.6. The second kappa shape index (κ2) is 9.89. The van der Waals surface area contributed by atoms with Crippen molar-refractivity contribution in [1.82, 2.24) is 19.7 Å². The molecule has 0 aliphatic carbocycles. The molecule has 3 heterocycles. The Hall–Kier alpha value is -3.12. The topological polar surface area (TPSA) is 99.9 Å². The van der Waals surface area contributed by atoms with E-state index in [9.17, 15) is 10.1 Å². The van der Waals surface area contributed by atoms with Gasteiger partial charge in [-0.3, -0.25) is 15.1 Å². The van der Waals surface area contributed by atoms with Crippen LogP contribution in [0.25, 0.3) is 11.4 Å². The molecule has 0 atom stereocenters. The highest BCUT2D eigenvalue weighted by Crippen LogP contribution is 2.27. The molecule has 0 radical (unpaired) electrons. The quantitative estimate of drug-likeness (QED) is 0.175. The molecule has 0 aliphatic heterocycles. The van der Waals surface area contributed by atoms with Crippen LogP contribution in [0.4, 0.5) is 5.88 Å². The van der Waals surface area contributed by atoms with E-state index >= 15 is 0 Å². The van der Waals surface area contributed by atoms with Crippen LogP contribution in [-0.2, 0) is 12.8 Å². The van der Waals surface area contributed by atoms with Gasteiger partial charge in [0.05, 0.1) is 11.8 Å². The maximum atomic E-state index is 10.7. The Balaban J connectivity index is 1.68. The smallest absolute Gasteiger partial charge is 0.405 e. The van der Waals surface area contributed by atoms with Crippen LogP contribution < -0.4 is 0 Å². The Morgan fingerprint density at radius 2 is 2.14 bits per heavy atom. The maximum Gasteiger partial charge on any atom is 0.433 e. The number of unbranched alkanes of at least 4 members (excludes halogenated alkanes) is 3. The first kappa shape index (κ1) is 20.6. The van der Waals surface area contributed by atoms with Crippen molar-refractivity contribution in [1.29, 1.82) is 0 Å². The van der Waals surface area contributed by atoms with Crippen molar-refractivity contribution in [3.63, 3.8) is 0 Å². The summed E-state index contributed by atoms with van der Waals surface area (Å²) in [7, 11) is 1.87. The van der Waals surface area contributed by atoms with Gasteiger partial charge in [-0.2, -0.15) is 0 Å².